The highest BCUT2D eigenvalue weighted by Crippen LogP contribution is 2.28. The van der Waals surface area contributed by atoms with E-state index < -0.39 is 12.3 Å². The van der Waals surface area contributed by atoms with Crippen molar-refractivity contribution in [3.63, 3.8) is 0 Å². The first-order valence-electron chi connectivity index (χ1n) is 12.1. The molecule has 2 heterocycles. The number of ether oxygens (including phenoxy) is 2. The molecule has 36 heavy (non-hydrogen) atoms. The van der Waals surface area contributed by atoms with Gasteiger partial charge in [0.25, 0.3) is 0 Å². The van der Waals surface area contributed by atoms with Gasteiger partial charge in [-0.25, -0.2) is 9.78 Å². The van der Waals surface area contributed by atoms with Crippen LogP contribution in [0.4, 0.5) is 10.6 Å². The van der Waals surface area contributed by atoms with Crippen molar-refractivity contribution >= 4 is 22.9 Å². The minimum Gasteiger partial charge on any atom is -0.434 e. The van der Waals surface area contributed by atoms with Gasteiger partial charge in [0.2, 0.25) is 5.88 Å². The highest BCUT2D eigenvalue weighted by molar-refractivity contribution is 5.84. The number of anilines is 1. The highest BCUT2D eigenvalue weighted by atomic mass is 16.7. The predicted octanol–water partition coefficient (Wildman–Crippen LogP) is 4.46. The molecule has 2 aromatic heterocycles. The number of nitrogens with two attached hydrogens (primary N) is 1. The van der Waals surface area contributed by atoms with E-state index in [1.165, 1.54) is 0 Å². The number of nitrogens with one attached hydrogen (secondary N) is 1. The third-order valence-electron chi connectivity index (χ3n) is 5.96. The van der Waals surface area contributed by atoms with Gasteiger partial charge in [0.15, 0.2) is 0 Å². The lowest BCUT2D eigenvalue weighted by atomic mass is 10.0. The highest BCUT2D eigenvalue weighted by Gasteiger charge is 2.16. The normalized spacial score (nSPS) is 12.9. The Bertz CT molecular complexity index is 1290. The number of carbonyl (C=O) groups excluding carboxylic acids is 1. The van der Waals surface area contributed by atoms with Crippen molar-refractivity contribution in [3.05, 3.63) is 89.6 Å². The Morgan fingerprint density at radius 1 is 1.11 bits per heavy atom. The summed E-state index contributed by atoms with van der Waals surface area (Å²) in [5.74, 6) is 0.868. The smallest absolute Gasteiger partial charge is 0.434 e. The third-order valence-corrected chi connectivity index (χ3v) is 5.96. The van der Waals surface area contributed by atoms with Crippen LogP contribution in [0.2, 0.25) is 0 Å². The molecule has 0 radical (unpaired) electrons. The standard InChI is InChI=1S/C28H32N4O4/c1-3-35-28(34)36-27-15-23-14-21(9-11-24(23)32(27)18-20-7-5-4-6-8-20)13-19(2)30-17-25(33)22-10-12-26(29)31-16-22/h4-12,14-16,19,25,30,33H,3,13,17-18H2,1-2H3,(H2,29,31)/t19-,25+/m1/s1. The zero-order valence-corrected chi connectivity index (χ0v) is 20.6. The number of carbonyl (C=O) groups is 1. The first kappa shape index (κ1) is 25.2. The van der Waals surface area contributed by atoms with E-state index in [1.807, 2.05) is 47.0 Å². The van der Waals surface area contributed by atoms with Crippen LogP contribution in [0.15, 0.2) is 72.9 Å². The molecule has 188 valence electrons. The largest absolute Gasteiger partial charge is 0.515 e. The molecular weight excluding hydrogens is 456 g/mol. The van der Waals surface area contributed by atoms with Gasteiger partial charge in [-0.2, -0.15) is 0 Å². The average Bonchev–Trinajstić information content (AvgIpc) is 3.19. The molecule has 0 aliphatic rings. The summed E-state index contributed by atoms with van der Waals surface area (Å²) >= 11 is 0. The number of pyridine rings is 1. The van der Waals surface area contributed by atoms with Gasteiger partial charge in [-0.05, 0) is 49.6 Å². The lowest BCUT2D eigenvalue weighted by molar-refractivity contribution is 0.101. The van der Waals surface area contributed by atoms with Gasteiger partial charge in [-0.1, -0.05) is 42.5 Å². The first-order chi connectivity index (χ1) is 17.4. The molecule has 0 aliphatic carbocycles. The number of aliphatic hydroxyl groups excluding tert-OH is 1. The maximum Gasteiger partial charge on any atom is 0.515 e. The molecule has 0 saturated heterocycles. The summed E-state index contributed by atoms with van der Waals surface area (Å²) < 4.78 is 12.5. The van der Waals surface area contributed by atoms with Crippen LogP contribution in [0.1, 0.15) is 36.6 Å². The third kappa shape index (κ3) is 6.41. The van der Waals surface area contributed by atoms with Crippen molar-refractivity contribution in [2.75, 3.05) is 18.9 Å². The summed E-state index contributed by atoms with van der Waals surface area (Å²) in [6.45, 7) is 5.03. The molecule has 4 rings (SSSR count). The van der Waals surface area contributed by atoms with Crippen LogP contribution in [0, 0.1) is 0 Å². The number of hydrogen-bond acceptors (Lipinski definition) is 7. The Morgan fingerprint density at radius 3 is 2.64 bits per heavy atom. The summed E-state index contributed by atoms with van der Waals surface area (Å²) in [5.41, 5.74) is 9.54. The maximum absolute atomic E-state index is 12.1. The number of nitrogen functional groups attached to an aromatic ring is 1. The number of benzene rings is 2. The molecule has 0 spiro atoms. The maximum atomic E-state index is 12.1. The fraction of sp³-hybridized carbons (Fsp3) is 0.286. The van der Waals surface area contributed by atoms with Crippen LogP contribution in [0.25, 0.3) is 10.9 Å². The molecule has 8 nitrogen and oxygen atoms in total. The minimum atomic E-state index is -0.720. The Morgan fingerprint density at radius 2 is 1.92 bits per heavy atom. The fourth-order valence-electron chi connectivity index (χ4n) is 4.14. The Labute approximate surface area is 210 Å². The molecule has 0 bridgehead atoms. The van der Waals surface area contributed by atoms with Crippen LogP contribution >= 0.6 is 0 Å². The van der Waals surface area contributed by atoms with Gasteiger partial charge in [0.1, 0.15) is 5.82 Å². The SMILES string of the molecule is CCOC(=O)Oc1cc2cc(C[C@@H](C)NC[C@H](O)c3ccc(N)nc3)ccc2n1Cc1ccccc1. The Hall–Kier alpha value is -3.88. The molecule has 4 aromatic rings. The van der Waals surface area contributed by atoms with E-state index in [2.05, 4.69) is 29.4 Å². The Balaban J connectivity index is 1.48. The van der Waals surface area contributed by atoms with Crippen molar-refractivity contribution in [2.24, 2.45) is 0 Å². The van der Waals surface area contributed by atoms with Crippen LogP contribution in [-0.4, -0.2) is 40.0 Å². The summed E-state index contributed by atoms with van der Waals surface area (Å²) in [6.07, 6.45) is 0.969. The molecule has 0 fully saturated rings. The number of aromatic nitrogens is 2. The van der Waals surface area contributed by atoms with E-state index >= 15 is 0 Å². The van der Waals surface area contributed by atoms with Crippen molar-refractivity contribution in [3.8, 4) is 5.88 Å². The molecule has 0 aliphatic heterocycles. The van der Waals surface area contributed by atoms with Crippen LogP contribution in [0.5, 0.6) is 5.88 Å². The second kappa shape index (κ2) is 11.7. The van der Waals surface area contributed by atoms with Gasteiger partial charge in [-0.15, -0.1) is 0 Å². The van der Waals surface area contributed by atoms with Gasteiger partial charge >= 0.3 is 6.16 Å². The molecule has 2 aromatic carbocycles. The first-order valence-corrected chi connectivity index (χ1v) is 12.1. The molecular formula is C28H32N4O4. The topological polar surface area (TPSA) is 112 Å². The van der Waals surface area contributed by atoms with Crippen molar-refractivity contribution < 1.29 is 19.4 Å². The predicted molar refractivity (Wildman–Crippen MR) is 140 cm³/mol. The van der Waals surface area contributed by atoms with Crippen molar-refractivity contribution in [2.45, 2.75) is 39.0 Å². The fourth-order valence-corrected chi connectivity index (χ4v) is 4.14. The monoisotopic (exact) mass is 488 g/mol. The molecule has 0 saturated carbocycles. The average molecular weight is 489 g/mol. The van der Waals surface area contributed by atoms with Crippen LogP contribution in [0.3, 0.4) is 0 Å². The summed E-state index contributed by atoms with van der Waals surface area (Å²) in [6, 6.07) is 21.7. The lowest BCUT2D eigenvalue weighted by Gasteiger charge is -2.17. The van der Waals surface area contributed by atoms with E-state index in [0.29, 0.717) is 24.8 Å². The van der Waals surface area contributed by atoms with Gasteiger partial charge < -0.3 is 30.2 Å². The zero-order chi connectivity index (χ0) is 25.5. The number of aliphatic hydroxyl groups is 1. The second-order valence-corrected chi connectivity index (χ2v) is 8.78. The molecule has 0 amide bonds. The van der Waals surface area contributed by atoms with Gasteiger partial charge in [0, 0.05) is 35.8 Å². The molecule has 2 atom stereocenters. The van der Waals surface area contributed by atoms with Crippen LogP contribution < -0.4 is 15.8 Å². The van der Waals surface area contributed by atoms with E-state index in [9.17, 15) is 9.90 Å². The van der Waals surface area contributed by atoms with Crippen molar-refractivity contribution in [1.29, 1.82) is 0 Å². The molecule has 4 N–H and O–H groups in total. The lowest BCUT2D eigenvalue weighted by Crippen LogP contribution is -2.32. The van der Waals surface area contributed by atoms with Gasteiger partial charge in [0.05, 0.1) is 24.8 Å². The van der Waals surface area contributed by atoms with Crippen LogP contribution in [-0.2, 0) is 17.7 Å². The van der Waals surface area contributed by atoms with E-state index in [4.69, 9.17) is 15.2 Å². The number of nitrogens with zero attached hydrogens (tertiary/aromatic N) is 2. The number of hydrogen-bond donors (Lipinski definition) is 3. The Kier molecular flexibility index (Phi) is 8.20. The van der Waals surface area contributed by atoms with Crippen molar-refractivity contribution in [1.82, 2.24) is 14.9 Å². The molecule has 8 heteroatoms. The quantitative estimate of drug-likeness (QED) is 0.283. The van der Waals surface area contributed by atoms with E-state index in [1.54, 1.807) is 25.3 Å². The van der Waals surface area contributed by atoms with Gasteiger partial charge in [-0.3, -0.25) is 0 Å². The van der Waals surface area contributed by atoms with E-state index in [0.717, 1.165) is 34.0 Å². The summed E-state index contributed by atoms with van der Waals surface area (Å²) in [5, 5.41) is 14.8. The zero-order valence-electron chi connectivity index (χ0n) is 20.6. The number of rotatable bonds is 10. The molecule has 0 unspecified atom stereocenters. The summed E-state index contributed by atoms with van der Waals surface area (Å²) in [4.78, 5) is 16.1. The summed E-state index contributed by atoms with van der Waals surface area (Å²) in [7, 11) is 0. The van der Waals surface area contributed by atoms with E-state index in [-0.39, 0.29) is 12.6 Å². The minimum absolute atomic E-state index is 0.125. The number of fused-ring (bicyclic) bond motifs is 1. The second-order valence-electron chi connectivity index (χ2n) is 8.78.